The first-order valence-electron chi connectivity index (χ1n) is 6.96. The van der Waals surface area contributed by atoms with E-state index in [-0.39, 0.29) is 16.7 Å². The molecule has 0 fully saturated rings. The zero-order valence-corrected chi connectivity index (χ0v) is 12.0. The number of hydrogen-bond donors (Lipinski definition) is 1. The van der Waals surface area contributed by atoms with E-state index in [1.807, 2.05) is 0 Å². The number of nitro groups is 1. The average molecular weight is 265 g/mol. The van der Waals surface area contributed by atoms with Gasteiger partial charge in [-0.2, -0.15) is 0 Å². The number of aromatic nitrogens is 1. The van der Waals surface area contributed by atoms with Crippen LogP contribution in [-0.4, -0.2) is 15.9 Å². The number of pyridine rings is 1. The highest BCUT2D eigenvalue weighted by molar-refractivity contribution is 5.60. The topological polar surface area (TPSA) is 68.1 Å². The van der Waals surface area contributed by atoms with Crippen LogP contribution in [0.4, 0.5) is 11.5 Å². The van der Waals surface area contributed by atoms with E-state index in [1.54, 1.807) is 19.2 Å². The van der Waals surface area contributed by atoms with Gasteiger partial charge in [-0.15, -0.1) is 0 Å². The number of anilines is 1. The highest BCUT2D eigenvalue weighted by Crippen LogP contribution is 2.27. The maximum absolute atomic E-state index is 11.1. The molecule has 5 nitrogen and oxygen atoms in total. The van der Waals surface area contributed by atoms with Gasteiger partial charge in [0.15, 0.2) is 0 Å². The molecule has 1 aromatic heterocycles. The fraction of sp³-hybridized carbons (Fsp3) is 0.643. The highest BCUT2D eigenvalue weighted by atomic mass is 16.6. The van der Waals surface area contributed by atoms with Gasteiger partial charge in [0, 0.05) is 17.8 Å². The number of nitrogens with one attached hydrogen (secondary N) is 1. The van der Waals surface area contributed by atoms with Crippen LogP contribution in [0.2, 0.25) is 0 Å². The molecule has 0 saturated heterocycles. The first kappa shape index (κ1) is 15.4. The molecule has 0 aliphatic rings. The van der Waals surface area contributed by atoms with E-state index >= 15 is 0 Å². The van der Waals surface area contributed by atoms with Gasteiger partial charge in [0.1, 0.15) is 0 Å². The van der Waals surface area contributed by atoms with Crippen molar-refractivity contribution in [2.45, 2.75) is 58.9 Å². The minimum Gasteiger partial charge on any atom is -0.362 e. The quantitative estimate of drug-likeness (QED) is 0.568. The highest BCUT2D eigenvalue weighted by Gasteiger charge is 2.20. The molecule has 1 rings (SSSR count). The average Bonchev–Trinajstić information content (AvgIpc) is 2.35. The Morgan fingerprint density at radius 3 is 2.68 bits per heavy atom. The van der Waals surface area contributed by atoms with E-state index in [9.17, 15) is 10.1 Å². The van der Waals surface area contributed by atoms with Gasteiger partial charge in [-0.05, 0) is 25.8 Å². The first-order chi connectivity index (χ1) is 9.10. The monoisotopic (exact) mass is 265 g/mol. The van der Waals surface area contributed by atoms with Crippen molar-refractivity contribution >= 4 is 11.5 Å². The van der Waals surface area contributed by atoms with Crippen LogP contribution in [0, 0.1) is 17.0 Å². The lowest BCUT2D eigenvalue weighted by Crippen LogP contribution is -2.21. The van der Waals surface area contributed by atoms with Gasteiger partial charge >= 0.3 is 5.69 Å². The van der Waals surface area contributed by atoms with Crippen LogP contribution in [0.25, 0.3) is 0 Å². The molecule has 19 heavy (non-hydrogen) atoms. The lowest BCUT2D eigenvalue weighted by Gasteiger charge is -2.18. The third-order valence-corrected chi connectivity index (χ3v) is 3.19. The molecule has 1 N–H and O–H groups in total. The number of hydrogen-bond acceptors (Lipinski definition) is 4. The summed E-state index contributed by atoms with van der Waals surface area (Å²) >= 11 is 0. The van der Waals surface area contributed by atoms with E-state index in [2.05, 4.69) is 24.1 Å². The third kappa shape index (κ3) is 4.50. The zero-order valence-electron chi connectivity index (χ0n) is 12.0. The number of nitrogens with zero attached hydrogens (tertiary/aromatic N) is 2. The predicted molar refractivity (Wildman–Crippen MR) is 77.5 cm³/mol. The van der Waals surface area contributed by atoms with Crippen LogP contribution >= 0.6 is 0 Å². The van der Waals surface area contributed by atoms with E-state index in [0.29, 0.717) is 11.4 Å². The molecule has 0 bridgehead atoms. The molecule has 1 atom stereocenters. The standard InChI is InChI=1S/C14H23N3O2/c1-4-6-8-12(7-5-2)16-14-13(17(18)19)11(3)9-10-15-14/h9-10,12H,4-8H2,1-3H3,(H,15,16). The van der Waals surface area contributed by atoms with Crippen LogP contribution in [-0.2, 0) is 0 Å². The molecule has 0 amide bonds. The maximum atomic E-state index is 11.1. The van der Waals surface area contributed by atoms with Gasteiger partial charge in [-0.25, -0.2) is 4.98 Å². The van der Waals surface area contributed by atoms with Crippen molar-refractivity contribution in [2.24, 2.45) is 0 Å². The second-order valence-electron chi connectivity index (χ2n) is 4.85. The first-order valence-corrected chi connectivity index (χ1v) is 6.96. The Morgan fingerprint density at radius 2 is 2.11 bits per heavy atom. The SMILES string of the molecule is CCCCC(CCC)Nc1nccc(C)c1[N+](=O)[O-]. The van der Waals surface area contributed by atoms with E-state index in [4.69, 9.17) is 0 Å². The predicted octanol–water partition coefficient (Wildman–Crippen LogP) is 4.07. The summed E-state index contributed by atoms with van der Waals surface area (Å²) in [6.07, 6.45) is 6.96. The summed E-state index contributed by atoms with van der Waals surface area (Å²) in [5, 5.41) is 14.4. The van der Waals surface area contributed by atoms with Gasteiger partial charge in [0.25, 0.3) is 0 Å². The summed E-state index contributed by atoms with van der Waals surface area (Å²) < 4.78 is 0. The molecular weight excluding hydrogens is 242 g/mol. The summed E-state index contributed by atoms with van der Waals surface area (Å²) in [5.74, 6) is 0.402. The smallest absolute Gasteiger partial charge is 0.314 e. The number of unbranched alkanes of at least 4 members (excludes halogenated alkanes) is 1. The van der Waals surface area contributed by atoms with Gasteiger partial charge in [0.2, 0.25) is 5.82 Å². The molecule has 0 aliphatic carbocycles. The van der Waals surface area contributed by atoms with Gasteiger partial charge in [0.05, 0.1) is 4.92 Å². The minimum atomic E-state index is -0.354. The van der Waals surface area contributed by atoms with Gasteiger partial charge in [-0.3, -0.25) is 10.1 Å². The summed E-state index contributed by atoms with van der Waals surface area (Å²) in [7, 11) is 0. The Morgan fingerprint density at radius 1 is 1.37 bits per heavy atom. The molecule has 0 saturated carbocycles. The van der Waals surface area contributed by atoms with Gasteiger partial charge in [-0.1, -0.05) is 33.1 Å². The summed E-state index contributed by atoms with van der Waals surface area (Å²) in [6, 6.07) is 1.93. The summed E-state index contributed by atoms with van der Waals surface area (Å²) in [6.45, 7) is 6.01. The molecule has 1 unspecified atom stereocenters. The molecular formula is C14H23N3O2. The van der Waals surface area contributed by atoms with Crippen molar-refractivity contribution in [3.8, 4) is 0 Å². The molecule has 106 valence electrons. The molecule has 0 aliphatic heterocycles. The van der Waals surface area contributed by atoms with Crippen molar-refractivity contribution in [3.05, 3.63) is 27.9 Å². The van der Waals surface area contributed by atoms with Crippen molar-refractivity contribution < 1.29 is 4.92 Å². The lowest BCUT2D eigenvalue weighted by atomic mass is 10.0. The van der Waals surface area contributed by atoms with E-state index in [0.717, 1.165) is 32.1 Å². The number of rotatable bonds is 8. The van der Waals surface area contributed by atoms with Crippen LogP contribution < -0.4 is 5.32 Å². The Hall–Kier alpha value is -1.65. The van der Waals surface area contributed by atoms with E-state index in [1.165, 1.54) is 0 Å². The van der Waals surface area contributed by atoms with Crippen molar-refractivity contribution in [3.63, 3.8) is 0 Å². The fourth-order valence-corrected chi connectivity index (χ4v) is 2.17. The van der Waals surface area contributed by atoms with Crippen LogP contribution in [0.5, 0.6) is 0 Å². The maximum Gasteiger partial charge on any atom is 0.314 e. The summed E-state index contributed by atoms with van der Waals surface area (Å²) in [5.41, 5.74) is 0.744. The molecule has 5 heteroatoms. The molecule has 1 heterocycles. The second kappa shape index (κ2) is 7.71. The van der Waals surface area contributed by atoms with Crippen molar-refractivity contribution in [2.75, 3.05) is 5.32 Å². The second-order valence-corrected chi connectivity index (χ2v) is 4.85. The Labute approximate surface area is 114 Å². The zero-order chi connectivity index (χ0) is 14.3. The van der Waals surface area contributed by atoms with Crippen molar-refractivity contribution in [1.82, 2.24) is 4.98 Å². The van der Waals surface area contributed by atoms with Crippen LogP contribution in [0.3, 0.4) is 0 Å². The molecule has 0 spiro atoms. The third-order valence-electron chi connectivity index (χ3n) is 3.19. The van der Waals surface area contributed by atoms with Crippen molar-refractivity contribution in [1.29, 1.82) is 0 Å². The molecule has 1 aromatic rings. The minimum absolute atomic E-state index is 0.0973. The molecule has 0 radical (unpaired) electrons. The van der Waals surface area contributed by atoms with Crippen LogP contribution in [0.1, 0.15) is 51.5 Å². The Balaban J connectivity index is 2.89. The Kier molecular flexibility index (Phi) is 6.25. The molecule has 0 aromatic carbocycles. The van der Waals surface area contributed by atoms with E-state index < -0.39 is 0 Å². The normalized spacial score (nSPS) is 12.2. The fourth-order valence-electron chi connectivity index (χ4n) is 2.17. The number of aryl methyl sites for hydroxylation is 1. The summed E-state index contributed by atoms with van der Waals surface area (Å²) in [4.78, 5) is 14.9. The lowest BCUT2D eigenvalue weighted by molar-refractivity contribution is -0.384. The van der Waals surface area contributed by atoms with Gasteiger partial charge < -0.3 is 5.32 Å². The van der Waals surface area contributed by atoms with Crippen LogP contribution in [0.15, 0.2) is 12.3 Å². The largest absolute Gasteiger partial charge is 0.362 e. The Bertz CT molecular complexity index is 421.